The highest BCUT2D eigenvalue weighted by molar-refractivity contribution is 5.67. The minimum atomic E-state index is 0.757. The largest absolute Gasteiger partial charge is 0.398 e. The van der Waals surface area contributed by atoms with Gasteiger partial charge in [0.25, 0.3) is 0 Å². The van der Waals surface area contributed by atoms with Gasteiger partial charge in [0, 0.05) is 37.1 Å². The monoisotopic (exact) mass is 382 g/mol. The van der Waals surface area contributed by atoms with Crippen molar-refractivity contribution in [1.82, 2.24) is 14.3 Å². The van der Waals surface area contributed by atoms with Crippen LogP contribution in [0.4, 0.5) is 5.69 Å². The minimum absolute atomic E-state index is 0.757. The van der Waals surface area contributed by atoms with Crippen LogP contribution in [-0.2, 0) is 25.9 Å². The van der Waals surface area contributed by atoms with E-state index < -0.39 is 0 Å². The predicted molar refractivity (Wildman–Crippen MR) is 119 cm³/mol. The Morgan fingerprint density at radius 2 is 1.76 bits per heavy atom. The number of rotatable bonds is 4. The Kier molecular flexibility index (Phi) is 4.57. The Morgan fingerprint density at radius 3 is 2.55 bits per heavy atom. The number of aryl methyl sites for hydroxylation is 1. The smallest absolute Gasteiger partial charge is 0.137 e. The zero-order chi connectivity index (χ0) is 19.8. The Balaban J connectivity index is 1.55. The summed E-state index contributed by atoms with van der Waals surface area (Å²) >= 11 is 0. The molecule has 2 aromatic carbocycles. The minimum Gasteiger partial charge on any atom is -0.398 e. The summed E-state index contributed by atoms with van der Waals surface area (Å²) in [7, 11) is 0. The lowest BCUT2D eigenvalue weighted by Crippen LogP contribution is -2.30. The fraction of sp³-hybridized carbons (Fsp3) is 0.240. The second kappa shape index (κ2) is 7.37. The van der Waals surface area contributed by atoms with Crippen molar-refractivity contribution < 1.29 is 0 Å². The van der Waals surface area contributed by atoms with E-state index in [9.17, 15) is 0 Å². The molecule has 0 amide bonds. The van der Waals surface area contributed by atoms with Gasteiger partial charge in [-0.3, -0.25) is 4.90 Å². The van der Waals surface area contributed by atoms with Gasteiger partial charge in [0.05, 0.1) is 11.4 Å². The molecule has 0 saturated heterocycles. The molecule has 4 aromatic rings. The average Bonchev–Trinajstić information content (AvgIpc) is 3.11. The van der Waals surface area contributed by atoms with Crippen molar-refractivity contribution in [2.45, 2.75) is 32.9 Å². The zero-order valence-electron chi connectivity index (χ0n) is 16.8. The Morgan fingerprint density at radius 1 is 0.966 bits per heavy atom. The summed E-state index contributed by atoms with van der Waals surface area (Å²) in [4.78, 5) is 7.48. The molecule has 5 rings (SSSR count). The van der Waals surface area contributed by atoms with E-state index in [-0.39, 0.29) is 0 Å². The van der Waals surface area contributed by atoms with E-state index in [0.29, 0.717) is 0 Å². The lowest BCUT2D eigenvalue weighted by Gasteiger charge is -2.28. The number of fused-ring (bicyclic) bond motifs is 2. The van der Waals surface area contributed by atoms with Crippen molar-refractivity contribution in [2.75, 3.05) is 12.3 Å². The van der Waals surface area contributed by atoms with Gasteiger partial charge in [-0.15, -0.1) is 0 Å². The zero-order valence-corrected chi connectivity index (χ0v) is 16.8. The Hall–Kier alpha value is -3.11. The summed E-state index contributed by atoms with van der Waals surface area (Å²) in [6.45, 7) is 5.06. The molecular weight excluding hydrogens is 356 g/mol. The summed E-state index contributed by atoms with van der Waals surface area (Å²) in [6, 6.07) is 21.5. The first-order valence-electron chi connectivity index (χ1n) is 10.4. The molecule has 0 aliphatic carbocycles. The summed E-state index contributed by atoms with van der Waals surface area (Å²) in [5.74, 6) is 0. The second-order valence-corrected chi connectivity index (χ2v) is 7.88. The molecule has 1 aliphatic rings. The summed E-state index contributed by atoms with van der Waals surface area (Å²) in [5.41, 5.74) is 15.5. The first-order chi connectivity index (χ1) is 14.2. The Bertz CT molecular complexity index is 1160. The van der Waals surface area contributed by atoms with Crippen molar-refractivity contribution in [3.8, 4) is 11.3 Å². The van der Waals surface area contributed by atoms with E-state index in [1.807, 2.05) is 18.3 Å². The van der Waals surface area contributed by atoms with Crippen LogP contribution in [-0.4, -0.2) is 20.8 Å². The van der Waals surface area contributed by atoms with Gasteiger partial charge in [0.1, 0.15) is 5.65 Å². The molecule has 0 radical (unpaired) electrons. The van der Waals surface area contributed by atoms with Crippen molar-refractivity contribution in [3.05, 3.63) is 89.2 Å². The highest BCUT2D eigenvalue weighted by atomic mass is 15.2. The van der Waals surface area contributed by atoms with Gasteiger partial charge >= 0.3 is 0 Å². The molecule has 29 heavy (non-hydrogen) atoms. The van der Waals surface area contributed by atoms with Crippen LogP contribution in [0.1, 0.15) is 29.3 Å². The van der Waals surface area contributed by atoms with Crippen molar-refractivity contribution in [2.24, 2.45) is 0 Å². The van der Waals surface area contributed by atoms with Crippen LogP contribution in [0.5, 0.6) is 0 Å². The fourth-order valence-corrected chi connectivity index (χ4v) is 4.29. The number of nitrogens with zero attached hydrogens (tertiary/aromatic N) is 3. The predicted octanol–water partition coefficient (Wildman–Crippen LogP) is 4.70. The first-order valence-corrected chi connectivity index (χ1v) is 10.4. The maximum absolute atomic E-state index is 6.11. The molecule has 2 N–H and O–H groups in total. The van der Waals surface area contributed by atoms with E-state index in [0.717, 1.165) is 55.1 Å². The summed E-state index contributed by atoms with van der Waals surface area (Å²) in [6.07, 6.45) is 4.14. The maximum Gasteiger partial charge on any atom is 0.137 e. The molecule has 0 unspecified atom stereocenters. The van der Waals surface area contributed by atoms with Crippen LogP contribution in [0.3, 0.4) is 0 Å². The molecule has 0 spiro atoms. The van der Waals surface area contributed by atoms with Crippen molar-refractivity contribution in [3.63, 3.8) is 0 Å². The van der Waals surface area contributed by atoms with Gasteiger partial charge in [-0.1, -0.05) is 55.5 Å². The van der Waals surface area contributed by atoms with Crippen LogP contribution in [0, 0.1) is 0 Å². The topological polar surface area (TPSA) is 46.6 Å². The number of hydrogen-bond donors (Lipinski definition) is 1. The van der Waals surface area contributed by atoms with Gasteiger partial charge in [0.15, 0.2) is 0 Å². The molecule has 0 fully saturated rings. The molecular formula is C25H26N4. The molecule has 0 bridgehead atoms. The molecule has 1 aliphatic heterocycles. The van der Waals surface area contributed by atoms with Gasteiger partial charge in [-0.25, -0.2) is 4.98 Å². The summed E-state index contributed by atoms with van der Waals surface area (Å²) in [5, 5.41) is 0. The number of nitrogen functional groups attached to an aromatic ring is 1. The van der Waals surface area contributed by atoms with Crippen molar-refractivity contribution >= 4 is 11.3 Å². The average molecular weight is 383 g/mol. The number of imidazole rings is 1. The molecule has 4 nitrogen and oxygen atoms in total. The van der Waals surface area contributed by atoms with Crippen LogP contribution in [0.25, 0.3) is 16.9 Å². The molecule has 3 heterocycles. The van der Waals surface area contributed by atoms with Crippen LogP contribution in [0.15, 0.2) is 66.9 Å². The molecule has 0 atom stereocenters. The lowest BCUT2D eigenvalue weighted by atomic mass is 9.99. The number of anilines is 1. The fourth-order valence-electron chi connectivity index (χ4n) is 4.29. The molecule has 0 saturated carbocycles. The van der Waals surface area contributed by atoms with Gasteiger partial charge in [-0.05, 0) is 41.7 Å². The van der Waals surface area contributed by atoms with Gasteiger partial charge in [0.2, 0.25) is 0 Å². The molecule has 4 heteroatoms. The van der Waals surface area contributed by atoms with E-state index in [2.05, 4.69) is 64.8 Å². The van der Waals surface area contributed by atoms with E-state index in [1.165, 1.54) is 22.4 Å². The van der Waals surface area contributed by atoms with E-state index in [4.69, 9.17) is 10.7 Å². The number of nitrogens with two attached hydrogens (primary N) is 1. The first kappa shape index (κ1) is 18.0. The van der Waals surface area contributed by atoms with E-state index >= 15 is 0 Å². The lowest BCUT2D eigenvalue weighted by molar-refractivity contribution is 0.242. The third-order valence-corrected chi connectivity index (χ3v) is 5.96. The summed E-state index contributed by atoms with van der Waals surface area (Å²) < 4.78 is 2.17. The number of pyridine rings is 1. The van der Waals surface area contributed by atoms with E-state index in [1.54, 1.807) is 0 Å². The second-order valence-electron chi connectivity index (χ2n) is 7.88. The number of aromatic nitrogens is 2. The van der Waals surface area contributed by atoms with Gasteiger partial charge < -0.3 is 10.1 Å². The standard InChI is InChI=1S/C25H26N4/c1-2-18-7-9-20(10-8-18)25-23(29-16-22(26)11-12-24(29)27-25)17-28-14-13-19-5-3-4-6-21(19)15-28/h3-12,16H,2,13-15,17,26H2,1H3. The third-order valence-electron chi connectivity index (χ3n) is 5.96. The maximum atomic E-state index is 6.11. The number of hydrogen-bond acceptors (Lipinski definition) is 3. The molecule has 146 valence electrons. The quantitative estimate of drug-likeness (QED) is 0.556. The molecule has 2 aromatic heterocycles. The SMILES string of the molecule is CCc1ccc(-c2nc3ccc(N)cn3c2CN2CCc3ccccc3C2)cc1. The van der Waals surface area contributed by atoms with Crippen LogP contribution < -0.4 is 5.73 Å². The van der Waals surface area contributed by atoms with Gasteiger partial charge in [-0.2, -0.15) is 0 Å². The Labute approximate surface area is 171 Å². The normalized spacial score (nSPS) is 14.2. The highest BCUT2D eigenvalue weighted by Gasteiger charge is 2.21. The third kappa shape index (κ3) is 3.40. The van der Waals surface area contributed by atoms with Crippen molar-refractivity contribution in [1.29, 1.82) is 0 Å². The number of benzene rings is 2. The van der Waals surface area contributed by atoms with Crippen LogP contribution in [0.2, 0.25) is 0 Å². The highest BCUT2D eigenvalue weighted by Crippen LogP contribution is 2.29. The van der Waals surface area contributed by atoms with Crippen LogP contribution >= 0.6 is 0 Å².